The summed E-state index contributed by atoms with van der Waals surface area (Å²) in [6, 6.07) is 5.75. The maximum atomic E-state index is 12.7. The number of fused-ring (bicyclic) bond motifs is 1. The van der Waals surface area contributed by atoms with Crippen molar-refractivity contribution in [2.45, 2.75) is 25.8 Å². The molecule has 2 amide bonds. The van der Waals surface area contributed by atoms with Crippen molar-refractivity contribution in [2.75, 3.05) is 25.0 Å². The fraction of sp³-hybridized carbons (Fsp3) is 0.467. The monoisotopic (exact) mass is 273 g/mol. The normalized spacial score (nSPS) is 20.1. The van der Waals surface area contributed by atoms with Crippen molar-refractivity contribution in [3.05, 3.63) is 29.3 Å². The molecule has 0 aromatic heterocycles. The number of amides is 2. The first kappa shape index (κ1) is 13.0. The highest BCUT2D eigenvalue weighted by Gasteiger charge is 2.40. The van der Waals surface area contributed by atoms with E-state index in [1.165, 1.54) is 5.56 Å². The van der Waals surface area contributed by atoms with Gasteiger partial charge in [0.2, 0.25) is 5.91 Å². The van der Waals surface area contributed by atoms with E-state index in [9.17, 15) is 9.59 Å². The van der Waals surface area contributed by atoms with E-state index >= 15 is 0 Å². The number of piperazine rings is 1. The summed E-state index contributed by atoms with van der Waals surface area (Å²) >= 11 is 0. The number of carbonyl (C=O) groups is 2. The second-order valence-electron chi connectivity index (χ2n) is 5.82. The third-order valence-electron chi connectivity index (χ3n) is 4.16. The van der Waals surface area contributed by atoms with Crippen LogP contribution in [-0.4, -0.2) is 41.9 Å². The van der Waals surface area contributed by atoms with Crippen LogP contribution in [0.25, 0.3) is 0 Å². The van der Waals surface area contributed by atoms with Gasteiger partial charge in [0, 0.05) is 30.9 Å². The standard InChI is InChI=1S/C15H19N3O2/c1-15(2)14(20)17-7-8-18(15)13(19)11-4-3-10-5-6-16-12(10)9-11/h3-4,9,16H,5-8H2,1-2H3,(H,17,20). The highest BCUT2D eigenvalue weighted by atomic mass is 16.2. The minimum absolute atomic E-state index is 0.0821. The summed E-state index contributed by atoms with van der Waals surface area (Å²) in [6.07, 6.45) is 1.00. The largest absolute Gasteiger partial charge is 0.384 e. The van der Waals surface area contributed by atoms with Crippen LogP contribution in [0.1, 0.15) is 29.8 Å². The summed E-state index contributed by atoms with van der Waals surface area (Å²) in [5, 5.41) is 6.08. The van der Waals surface area contributed by atoms with Gasteiger partial charge in [0.05, 0.1) is 0 Å². The first-order valence-corrected chi connectivity index (χ1v) is 6.97. The Kier molecular flexibility index (Phi) is 2.92. The number of hydrogen-bond donors (Lipinski definition) is 2. The van der Waals surface area contributed by atoms with Crippen molar-refractivity contribution in [3.8, 4) is 0 Å². The van der Waals surface area contributed by atoms with Crippen LogP contribution in [0.5, 0.6) is 0 Å². The number of benzene rings is 1. The maximum absolute atomic E-state index is 12.7. The van der Waals surface area contributed by atoms with Gasteiger partial charge in [-0.3, -0.25) is 9.59 Å². The van der Waals surface area contributed by atoms with Crippen LogP contribution < -0.4 is 10.6 Å². The van der Waals surface area contributed by atoms with Crippen LogP contribution >= 0.6 is 0 Å². The Morgan fingerprint density at radius 3 is 2.85 bits per heavy atom. The molecule has 20 heavy (non-hydrogen) atoms. The van der Waals surface area contributed by atoms with Crippen LogP contribution in [-0.2, 0) is 11.2 Å². The Morgan fingerprint density at radius 1 is 1.25 bits per heavy atom. The third kappa shape index (κ3) is 1.94. The molecule has 0 unspecified atom stereocenters. The zero-order valence-electron chi connectivity index (χ0n) is 11.8. The summed E-state index contributed by atoms with van der Waals surface area (Å²) < 4.78 is 0. The lowest BCUT2D eigenvalue weighted by Crippen LogP contribution is -2.63. The predicted octanol–water partition coefficient (Wildman–Crippen LogP) is 1.01. The average molecular weight is 273 g/mol. The second kappa shape index (κ2) is 4.51. The van der Waals surface area contributed by atoms with Gasteiger partial charge in [0.25, 0.3) is 5.91 Å². The first-order valence-electron chi connectivity index (χ1n) is 6.97. The lowest BCUT2D eigenvalue weighted by molar-refractivity contribution is -0.133. The minimum Gasteiger partial charge on any atom is -0.384 e. The van der Waals surface area contributed by atoms with Gasteiger partial charge in [0.15, 0.2) is 0 Å². The summed E-state index contributed by atoms with van der Waals surface area (Å²) in [5.41, 5.74) is 2.12. The molecule has 0 atom stereocenters. The lowest BCUT2D eigenvalue weighted by atomic mass is 9.97. The molecule has 0 aliphatic carbocycles. The average Bonchev–Trinajstić information content (AvgIpc) is 2.88. The SMILES string of the molecule is CC1(C)C(=O)NCCN1C(=O)c1ccc2c(c1)NCC2. The molecule has 0 bridgehead atoms. The van der Waals surface area contributed by atoms with E-state index in [1.807, 2.05) is 18.2 Å². The van der Waals surface area contributed by atoms with E-state index in [-0.39, 0.29) is 11.8 Å². The number of rotatable bonds is 1. The van der Waals surface area contributed by atoms with Crippen LogP contribution in [0, 0.1) is 0 Å². The molecule has 5 nitrogen and oxygen atoms in total. The van der Waals surface area contributed by atoms with Crippen LogP contribution in [0.4, 0.5) is 5.69 Å². The zero-order valence-corrected chi connectivity index (χ0v) is 11.8. The molecule has 106 valence electrons. The second-order valence-corrected chi connectivity index (χ2v) is 5.82. The zero-order chi connectivity index (χ0) is 14.3. The number of hydrogen-bond acceptors (Lipinski definition) is 3. The number of anilines is 1. The highest BCUT2D eigenvalue weighted by molar-refractivity contribution is 6.00. The molecule has 0 spiro atoms. The Labute approximate surface area is 118 Å². The molecule has 2 aliphatic heterocycles. The molecule has 2 heterocycles. The molecule has 1 aromatic rings. The smallest absolute Gasteiger partial charge is 0.254 e. The van der Waals surface area contributed by atoms with Crippen LogP contribution in [0.15, 0.2) is 18.2 Å². The van der Waals surface area contributed by atoms with Crippen molar-refractivity contribution in [3.63, 3.8) is 0 Å². The molecule has 0 saturated carbocycles. The van der Waals surface area contributed by atoms with Crippen LogP contribution in [0.3, 0.4) is 0 Å². The quantitative estimate of drug-likeness (QED) is 0.802. The minimum atomic E-state index is -0.804. The summed E-state index contributed by atoms with van der Waals surface area (Å²) in [6.45, 7) is 5.54. The fourth-order valence-electron chi connectivity index (χ4n) is 2.83. The molecule has 3 rings (SSSR count). The van der Waals surface area contributed by atoms with Crippen molar-refractivity contribution >= 4 is 17.5 Å². The number of nitrogens with one attached hydrogen (secondary N) is 2. The lowest BCUT2D eigenvalue weighted by Gasteiger charge is -2.41. The van der Waals surface area contributed by atoms with Gasteiger partial charge in [-0.05, 0) is 38.0 Å². The summed E-state index contributed by atoms with van der Waals surface area (Å²) in [5.74, 6) is -0.183. The van der Waals surface area contributed by atoms with Gasteiger partial charge in [0.1, 0.15) is 5.54 Å². The van der Waals surface area contributed by atoms with E-state index in [2.05, 4.69) is 10.6 Å². The third-order valence-corrected chi connectivity index (χ3v) is 4.16. The molecule has 5 heteroatoms. The van der Waals surface area contributed by atoms with E-state index in [0.29, 0.717) is 18.7 Å². The van der Waals surface area contributed by atoms with E-state index in [1.54, 1.807) is 18.7 Å². The van der Waals surface area contributed by atoms with Gasteiger partial charge in [-0.2, -0.15) is 0 Å². The first-order chi connectivity index (χ1) is 9.50. The molecule has 1 saturated heterocycles. The molecule has 2 N–H and O–H groups in total. The van der Waals surface area contributed by atoms with Gasteiger partial charge >= 0.3 is 0 Å². The molecule has 1 fully saturated rings. The van der Waals surface area contributed by atoms with E-state index < -0.39 is 5.54 Å². The Balaban J connectivity index is 1.90. The number of carbonyl (C=O) groups excluding carboxylic acids is 2. The van der Waals surface area contributed by atoms with Gasteiger partial charge < -0.3 is 15.5 Å². The predicted molar refractivity (Wildman–Crippen MR) is 76.8 cm³/mol. The number of nitrogens with zero attached hydrogens (tertiary/aromatic N) is 1. The topological polar surface area (TPSA) is 61.4 Å². The molecular weight excluding hydrogens is 254 g/mol. The van der Waals surface area contributed by atoms with Crippen molar-refractivity contribution in [1.29, 1.82) is 0 Å². The molecule has 0 radical (unpaired) electrons. The van der Waals surface area contributed by atoms with Gasteiger partial charge in [-0.1, -0.05) is 6.07 Å². The Hall–Kier alpha value is -2.04. The highest BCUT2D eigenvalue weighted by Crippen LogP contribution is 2.26. The van der Waals surface area contributed by atoms with Crippen molar-refractivity contribution in [1.82, 2.24) is 10.2 Å². The fourth-order valence-corrected chi connectivity index (χ4v) is 2.83. The Bertz CT molecular complexity index is 580. The van der Waals surface area contributed by atoms with Gasteiger partial charge in [-0.25, -0.2) is 0 Å². The maximum Gasteiger partial charge on any atom is 0.254 e. The van der Waals surface area contributed by atoms with Gasteiger partial charge in [-0.15, -0.1) is 0 Å². The van der Waals surface area contributed by atoms with E-state index in [0.717, 1.165) is 18.7 Å². The molecular formula is C15H19N3O2. The summed E-state index contributed by atoms with van der Waals surface area (Å²) in [7, 11) is 0. The van der Waals surface area contributed by atoms with Crippen molar-refractivity contribution in [2.24, 2.45) is 0 Å². The van der Waals surface area contributed by atoms with Crippen molar-refractivity contribution < 1.29 is 9.59 Å². The van der Waals surface area contributed by atoms with Crippen LogP contribution in [0.2, 0.25) is 0 Å². The molecule has 2 aliphatic rings. The Morgan fingerprint density at radius 2 is 2.05 bits per heavy atom. The van der Waals surface area contributed by atoms with E-state index in [4.69, 9.17) is 0 Å². The molecule has 1 aromatic carbocycles. The summed E-state index contributed by atoms with van der Waals surface area (Å²) in [4.78, 5) is 26.3.